The van der Waals surface area contributed by atoms with E-state index in [9.17, 15) is 13.2 Å². The van der Waals surface area contributed by atoms with E-state index in [2.05, 4.69) is 11.6 Å². The van der Waals surface area contributed by atoms with Crippen molar-refractivity contribution in [2.24, 2.45) is 11.8 Å². The van der Waals surface area contributed by atoms with Crippen molar-refractivity contribution in [1.29, 1.82) is 0 Å². The van der Waals surface area contributed by atoms with Gasteiger partial charge in [0.25, 0.3) is 0 Å². The minimum atomic E-state index is -3.66. The molecule has 1 fully saturated rings. The number of halogens is 1. The molecule has 2 atom stereocenters. The van der Waals surface area contributed by atoms with Crippen molar-refractivity contribution >= 4 is 27.6 Å². The van der Waals surface area contributed by atoms with E-state index < -0.39 is 16.0 Å². The monoisotopic (exact) mass is 331 g/mol. The number of hydrogen-bond acceptors (Lipinski definition) is 3. The van der Waals surface area contributed by atoms with E-state index in [0.717, 1.165) is 19.3 Å². The lowest BCUT2D eigenvalue weighted by atomic mass is 9.99. The first-order valence-corrected chi connectivity index (χ1v) is 8.70. The molecule has 0 heterocycles. The fourth-order valence-corrected chi connectivity index (χ4v) is 4.11. The Bertz CT molecular complexity index is 644. The van der Waals surface area contributed by atoms with Gasteiger partial charge in [-0.3, -0.25) is 0 Å². The number of carbonyl (C=O) groups is 1. The molecular weight excluding hydrogens is 314 g/mol. The minimum Gasteiger partial charge on any atom is -0.478 e. The van der Waals surface area contributed by atoms with Gasteiger partial charge in [0.05, 0.1) is 15.5 Å². The second-order valence-electron chi connectivity index (χ2n) is 5.47. The molecule has 1 aliphatic carbocycles. The first kappa shape index (κ1) is 16.3. The van der Waals surface area contributed by atoms with Crippen molar-refractivity contribution in [3.05, 3.63) is 28.8 Å². The van der Waals surface area contributed by atoms with Crippen LogP contribution >= 0.6 is 11.6 Å². The smallest absolute Gasteiger partial charge is 0.337 e. The molecule has 116 valence electrons. The minimum absolute atomic E-state index is 0.0110. The van der Waals surface area contributed by atoms with Crippen LogP contribution in [0.15, 0.2) is 23.1 Å². The number of hydrogen-bond donors (Lipinski definition) is 2. The topological polar surface area (TPSA) is 83.5 Å². The molecule has 1 aromatic carbocycles. The molecule has 0 amide bonds. The van der Waals surface area contributed by atoms with Gasteiger partial charge in [-0.05, 0) is 36.5 Å². The third kappa shape index (κ3) is 3.75. The van der Waals surface area contributed by atoms with Crippen molar-refractivity contribution in [3.63, 3.8) is 0 Å². The molecule has 2 unspecified atom stereocenters. The Morgan fingerprint density at radius 3 is 2.67 bits per heavy atom. The van der Waals surface area contributed by atoms with Crippen LogP contribution in [0.3, 0.4) is 0 Å². The van der Waals surface area contributed by atoms with Crippen LogP contribution < -0.4 is 4.72 Å². The normalized spacial score (nSPS) is 22.4. The number of carboxylic acids is 1. The quantitative estimate of drug-likeness (QED) is 0.869. The zero-order chi connectivity index (χ0) is 15.6. The molecule has 21 heavy (non-hydrogen) atoms. The molecule has 1 aromatic rings. The predicted octanol–water partition coefficient (Wildman–Crippen LogP) is 2.75. The van der Waals surface area contributed by atoms with Crippen molar-refractivity contribution in [2.75, 3.05) is 6.54 Å². The van der Waals surface area contributed by atoms with Gasteiger partial charge in [-0.1, -0.05) is 31.4 Å². The Kier molecular flexibility index (Phi) is 4.91. The first-order valence-electron chi connectivity index (χ1n) is 6.84. The highest BCUT2D eigenvalue weighted by Gasteiger charge is 2.25. The lowest BCUT2D eigenvalue weighted by Crippen LogP contribution is -2.30. The Labute approximate surface area is 129 Å². The maximum absolute atomic E-state index is 12.2. The third-order valence-corrected chi connectivity index (χ3v) is 5.79. The second kappa shape index (κ2) is 6.34. The zero-order valence-corrected chi connectivity index (χ0v) is 13.2. The number of carboxylic acid groups (broad SMARTS) is 1. The van der Waals surface area contributed by atoms with Gasteiger partial charge < -0.3 is 5.11 Å². The van der Waals surface area contributed by atoms with E-state index in [0.29, 0.717) is 18.4 Å². The SMILES string of the molecule is CC1CCCC1CNS(=O)(=O)c1ccc(C(=O)O)c(Cl)c1. The van der Waals surface area contributed by atoms with Crippen molar-refractivity contribution in [1.82, 2.24) is 4.72 Å². The largest absolute Gasteiger partial charge is 0.478 e. The highest BCUT2D eigenvalue weighted by atomic mass is 35.5. The number of sulfonamides is 1. The summed E-state index contributed by atoms with van der Waals surface area (Å²) < 4.78 is 27.0. The van der Waals surface area contributed by atoms with E-state index >= 15 is 0 Å². The van der Waals surface area contributed by atoms with Crippen molar-refractivity contribution in [3.8, 4) is 0 Å². The van der Waals surface area contributed by atoms with E-state index in [1.165, 1.54) is 18.2 Å². The van der Waals surface area contributed by atoms with Crippen molar-refractivity contribution in [2.45, 2.75) is 31.1 Å². The molecule has 0 saturated heterocycles. The Hall–Kier alpha value is -1.11. The molecule has 0 bridgehead atoms. The molecule has 7 heteroatoms. The lowest BCUT2D eigenvalue weighted by molar-refractivity contribution is 0.0697. The van der Waals surface area contributed by atoms with Gasteiger partial charge in [0, 0.05) is 6.54 Å². The lowest BCUT2D eigenvalue weighted by Gasteiger charge is -2.16. The van der Waals surface area contributed by atoms with Gasteiger partial charge >= 0.3 is 5.97 Å². The fraction of sp³-hybridized carbons (Fsp3) is 0.500. The molecule has 0 aromatic heterocycles. The van der Waals surface area contributed by atoms with Gasteiger partial charge in [0.2, 0.25) is 10.0 Å². The summed E-state index contributed by atoms with van der Waals surface area (Å²) in [5.74, 6) is -0.309. The molecule has 2 rings (SSSR count). The van der Waals surface area contributed by atoms with Gasteiger partial charge in [-0.25, -0.2) is 17.9 Å². The summed E-state index contributed by atoms with van der Waals surface area (Å²) >= 11 is 5.81. The standard InChI is InChI=1S/C14H18ClNO4S/c1-9-3-2-4-10(9)8-16-21(19,20)11-5-6-12(14(17)18)13(15)7-11/h5-7,9-10,16H,2-4,8H2,1H3,(H,17,18). The summed E-state index contributed by atoms with van der Waals surface area (Å²) in [7, 11) is -3.66. The van der Waals surface area contributed by atoms with Crippen LogP contribution in [0.5, 0.6) is 0 Å². The van der Waals surface area contributed by atoms with E-state index in [-0.39, 0.29) is 15.5 Å². The summed E-state index contributed by atoms with van der Waals surface area (Å²) in [6.07, 6.45) is 3.29. The highest BCUT2D eigenvalue weighted by molar-refractivity contribution is 7.89. The van der Waals surface area contributed by atoms with Crippen LogP contribution in [0.2, 0.25) is 5.02 Å². The third-order valence-electron chi connectivity index (χ3n) is 4.06. The molecule has 0 aliphatic heterocycles. The van der Waals surface area contributed by atoms with Crippen LogP contribution in [0, 0.1) is 11.8 Å². The molecule has 1 aliphatic rings. The van der Waals surface area contributed by atoms with Gasteiger partial charge in [0.15, 0.2) is 0 Å². The predicted molar refractivity (Wildman–Crippen MR) is 80.1 cm³/mol. The van der Waals surface area contributed by atoms with Crippen molar-refractivity contribution < 1.29 is 18.3 Å². The van der Waals surface area contributed by atoms with Crippen LogP contribution in [-0.4, -0.2) is 26.0 Å². The van der Waals surface area contributed by atoms with Crippen LogP contribution in [-0.2, 0) is 10.0 Å². The zero-order valence-electron chi connectivity index (χ0n) is 11.7. The molecule has 2 N–H and O–H groups in total. The number of benzene rings is 1. The molecule has 0 spiro atoms. The average molecular weight is 332 g/mol. The summed E-state index contributed by atoms with van der Waals surface area (Å²) in [5, 5.41) is 8.80. The number of nitrogens with one attached hydrogen (secondary N) is 1. The Morgan fingerprint density at radius 2 is 2.14 bits per heavy atom. The van der Waals surface area contributed by atoms with E-state index in [1.807, 2.05) is 0 Å². The maximum atomic E-state index is 12.2. The van der Waals surface area contributed by atoms with Crippen LogP contribution in [0.4, 0.5) is 0 Å². The van der Waals surface area contributed by atoms with Crippen LogP contribution in [0.25, 0.3) is 0 Å². The molecule has 1 saturated carbocycles. The average Bonchev–Trinajstić information content (AvgIpc) is 2.81. The van der Waals surface area contributed by atoms with E-state index in [4.69, 9.17) is 16.7 Å². The summed E-state index contributed by atoms with van der Waals surface area (Å²) in [5.41, 5.74) is -0.111. The number of rotatable bonds is 5. The highest BCUT2D eigenvalue weighted by Crippen LogP contribution is 2.31. The van der Waals surface area contributed by atoms with Crippen LogP contribution in [0.1, 0.15) is 36.5 Å². The Morgan fingerprint density at radius 1 is 1.43 bits per heavy atom. The molecular formula is C14H18ClNO4S. The summed E-state index contributed by atoms with van der Waals surface area (Å²) in [4.78, 5) is 10.9. The molecule has 5 nitrogen and oxygen atoms in total. The second-order valence-corrected chi connectivity index (χ2v) is 7.64. The number of aromatic carboxylic acids is 1. The Balaban J connectivity index is 2.12. The summed E-state index contributed by atoms with van der Waals surface area (Å²) in [6.45, 7) is 2.53. The van der Waals surface area contributed by atoms with E-state index in [1.54, 1.807) is 0 Å². The molecule has 0 radical (unpaired) electrons. The van der Waals surface area contributed by atoms with Gasteiger partial charge in [0.1, 0.15) is 0 Å². The van der Waals surface area contributed by atoms with Gasteiger partial charge in [-0.2, -0.15) is 0 Å². The summed E-state index contributed by atoms with van der Waals surface area (Å²) in [6, 6.07) is 3.64. The maximum Gasteiger partial charge on any atom is 0.337 e. The first-order chi connectivity index (χ1) is 9.81. The van der Waals surface area contributed by atoms with Gasteiger partial charge in [-0.15, -0.1) is 0 Å². The fourth-order valence-electron chi connectivity index (χ4n) is 2.66.